The molecule has 19 heavy (non-hydrogen) atoms. The van der Waals surface area contributed by atoms with Gasteiger partial charge in [-0.25, -0.2) is 0 Å². The molecular formula is C15H17N3O. The van der Waals surface area contributed by atoms with E-state index in [2.05, 4.69) is 4.98 Å². The van der Waals surface area contributed by atoms with Crippen LogP contribution in [0.1, 0.15) is 16.8 Å². The van der Waals surface area contributed by atoms with E-state index in [-0.39, 0.29) is 5.91 Å². The van der Waals surface area contributed by atoms with E-state index in [4.69, 9.17) is 5.73 Å². The molecule has 1 atom stereocenters. The molecule has 1 aromatic carbocycles. The van der Waals surface area contributed by atoms with Crippen LogP contribution in [0, 0.1) is 5.92 Å². The number of hydrogen-bond acceptors (Lipinski definition) is 3. The van der Waals surface area contributed by atoms with Crippen molar-refractivity contribution in [3.05, 3.63) is 42.1 Å². The highest BCUT2D eigenvalue weighted by molar-refractivity contribution is 6.06. The third-order valence-electron chi connectivity index (χ3n) is 3.78. The minimum absolute atomic E-state index is 0.0922. The molecule has 2 N–H and O–H groups in total. The molecule has 0 spiro atoms. The lowest BCUT2D eigenvalue weighted by atomic mass is 10.1. The van der Waals surface area contributed by atoms with E-state index in [1.165, 1.54) is 0 Å². The average molecular weight is 255 g/mol. The maximum Gasteiger partial charge on any atom is 0.254 e. The van der Waals surface area contributed by atoms with Gasteiger partial charge in [0.1, 0.15) is 0 Å². The average Bonchev–Trinajstić information content (AvgIpc) is 2.95. The molecule has 1 aliphatic rings. The molecule has 1 aliphatic heterocycles. The standard InChI is InChI=1S/C15H17N3O/c16-9-11-6-8-18(10-11)15(19)13-3-1-5-14-12(13)4-2-7-17-14/h1-5,7,11H,6,8-10,16H2/t11-/m1/s1. The summed E-state index contributed by atoms with van der Waals surface area (Å²) in [5.41, 5.74) is 7.28. The van der Waals surface area contributed by atoms with Crippen molar-refractivity contribution in [2.24, 2.45) is 11.7 Å². The molecule has 0 aliphatic carbocycles. The molecule has 0 saturated carbocycles. The largest absolute Gasteiger partial charge is 0.338 e. The molecular weight excluding hydrogens is 238 g/mol. The summed E-state index contributed by atoms with van der Waals surface area (Å²) in [7, 11) is 0. The van der Waals surface area contributed by atoms with Crippen LogP contribution in [0.25, 0.3) is 10.9 Å². The summed E-state index contributed by atoms with van der Waals surface area (Å²) >= 11 is 0. The lowest BCUT2D eigenvalue weighted by Crippen LogP contribution is -2.30. The first-order valence-electron chi connectivity index (χ1n) is 6.62. The van der Waals surface area contributed by atoms with Gasteiger partial charge in [-0.15, -0.1) is 0 Å². The van der Waals surface area contributed by atoms with E-state index in [1.807, 2.05) is 35.2 Å². The molecule has 2 aromatic rings. The van der Waals surface area contributed by atoms with Crippen LogP contribution >= 0.6 is 0 Å². The molecule has 98 valence electrons. The Labute approximate surface area is 112 Å². The summed E-state index contributed by atoms with van der Waals surface area (Å²) in [6.45, 7) is 2.23. The predicted octanol–water partition coefficient (Wildman–Crippen LogP) is 1.66. The van der Waals surface area contributed by atoms with Crippen molar-refractivity contribution in [2.45, 2.75) is 6.42 Å². The minimum atomic E-state index is 0.0922. The highest BCUT2D eigenvalue weighted by Gasteiger charge is 2.26. The minimum Gasteiger partial charge on any atom is -0.338 e. The van der Waals surface area contributed by atoms with Gasteiger partial charge in [-0.3, -0.25) is 9.78 Å². The molecule has 2 heterocycles. The topological polar surface area (TPSA) is 59.2 Å². The monoisotopic (exact) mass is 255 g/mol. The van der Waals surface area contributed by atoms with E-state index in [1.54, 1.807) is 6.20 Å². The third-order valence-corrected chi connectivity index (χ3v) is 3.78. The first-order valence-corrected chi connectivity index (χ1v) is 6.62. The highest BCUT2D eigenvalue weighted by atomic mass is 16.2. The number of aromatic nitrogens is 1. The van der Waals surface area contributed by atoms with Crippen LogP contribution in [0.2, 0.25) is 0 Å². The van der Waals surface area contributed by atoms with Gasteiger partial charge in [0.25, 0.3) is 5.91 Å². The number of nitrogens with zero attached hydrogens (tertiary/aromatic N) is 2. The third kappa shape index (κ3) is 2.19. The maximum absolute atomic E-state index is 12.6. The lowest BCUT2D eigenvalue weighted by molar-refractivity contribution is 0.0789. The van der Waals surface area contributed by atoms with E-state index in [0.717, 1.165) is 36.0 Å². The zero-order chi connectivity index (χ0) is 13.2. The molecule has 0 radical (unpaired) electrons. The van der Waals surface area contributed by atoms with Gasteiger partial charge in [0.2, 0.25) is 0 Å². The fraction of sp³-hybridized carbons (Fsp3) is 0.333. The van der Waals surface area contributed by atoms with E-state index in [9.17, 15) is 4.79 Å². The first kappa shape index (κ1) is 12.1. The van der Waals surface area contributed by atoms with Crippen molar-refractivity contribution in [3.63, 3.8) is 0 Å². The second-order valence-corrected chi connectivity index (χ2v) is 5.02. The SMILES string of the molecule is NC[C@H]1CCN(C(=O)c2cccc3ncccc23)C1. The molecule has 1 saturated heterocycles. The van der Waals surface area contributed by atoms with Gasteiger partial charge >= 0.3 is 0 Å². The van der Waals surface area contributed by atoms with Crippen molar-refractivity contribution in [1.82, 2.24) is 9.88 Å². The first-order chi connectivity index (χ1) is 9.29. The van der Waals surface area contributed by atoms with Gasteiger partial charge in [-0.1, -0.05) is 12.1 Å². The van der Waals surface area contributed by atoms with Gasteiger partial charge in [0.05, 0.1) is 5.52 Å². The summed E-state index contributed by atoms with van der Waals surface area (Å²) in [5, 5.41) is 0.922. The predicted molar refractivity (Wildman–Crippen MR) is 74.8 cm³/mol. The second kappa shape index (κ2) is 4.97. The highest BCUT2D eigenvalue weighted by Crippen LogP contribution is 2.22. The maximum atomic E-state index is 12.6. The number of nitrogens with two attached hydrogens (primary N) is 1. The number of likely N-dealkylation sites (tertiary alicyclic amines) is 1. The van der Waals surface area contributed by atoms with Crippen LogP contribution in [-0.2, 0) is 0 Å². The Hall–Kier alpha value is -1.94. The molecule has 4 nitrogen and oxygen atoms in total. The van der Waals surface area contributed by atoms with Crippen LogP contribution in [0.5, 0.6) is 0 Å². The summed E-state index contributed by atoms with van der Waals surface area (Å²) in [4.78, 5) is 18.8. The normalized spacial score (nSPS) is 19.0. The van der Waals surface area contributed by atoms with Crippen molar-refractivity contribution < 1.29 is 4.79 Å². The Morgan fingerprint density at radius 1 is 1.37 bits per heavy atom. The second-order valence-electron chi connectivity index (χ2n) is 5.02. The molecule has 0 unspecified atom stereocenters. The summed E-state index contributed by atoms with van der Waals surface area (Å²) in [5.74, 6) is 0.534. The van der Waals surface area contributed by atoms with Crippen LogP contribution in [-0.4, -0.2) is 35.4 Å². The van der Waals surface area contributed by atoms with Gasteiger partial charge in [-0.2, -0.15) is 0 Å². The van der Waals surface area contributed by atoms with Gasteiger partial charge in [0.15, 0.2) is 0 Å². The number of rotatable bonds is 2. The molecule has 3 rings (SSSR count). The summed E-state index contributed by atoms with van der Waals surface area (Å²) < 4.78 is 0. The quantitative estimate of drug-likeness (QED) is 0.887. The fourth-order valence-corrected chi connectivity index (χ4v) is 2.67. The number of fused-ring (bicyclic) bond motifs is 1. The van der Waals surface area contributed by atoms with Crippen LogP contribution in [0.15, 0.2) is 36.5 Å². The zero-order valence-corrected chi connectivity index (χ0v) is 10.7. The Morgan fingerprint density at radius 2 is 2.26 bits per heavy atom. The lowest BCUT2D eigenvalue weighted by Gasteiger charge is -2.17. The zero-order valence-electron chi connectivity index (χ0n) is 10.7. The summed E-state index contributed by atoms with van der Waals surface area (Å²) in [6, 6.07) is 9.51. The van der Waals surface area contributed by atoms with Crippen molar-refractivity contribution in [3.8, 4) is 0 Å². The van der Waals surface area contributed by atoms with Crippen LogP contribution in [0.4, 0.5) is 0 Å². The Morgan fingerprint density at radius 3 is 3.05 bits per heavy atom. The van der Waals surface area contributed by atoms with Crippen LogP contribution in [0.3, 0.4) is 0 Å². The Bertz CT molecular complexity index is 606. The number of carbonyl (C=O) groups is 1. The number of hydrogen-bond donors (Lipinski definition) is 1. The molecule has 1 fully saturated rings. The van der Waals surface area contributed by atoms with Crippen LogP contribution < -0.4 is 5.73 Å². The van der Waals surface area contributed by atoms with Gasteiger partial charge < -0.3 is 10.6 Å². The molecule has 4 heteroatoms. The van der Waals surface area contributed by atoms with E-state index < -0.39 is 0 Å². The van der Waals surface area contributed by atoms with Crippen molar-refractivity contribution in [2.75, 3.05) is 19.6 Å². The van der Waals surface area contributed by atoms with Crippen molar-refractivity contribution in [1.29, 1.82) is 0 Å². The Kier molecular flexibility index (Phi) is 3.17. The van der Waals surface area contributed by atoms with Crippen molar-refractivity contribution >= 4 is 16.8 Å². The van der Waals surface area contributed by atoms with E-state index in [0.29, 0.717) is 12.5 Å². The smallest absolute Gasteiger partial charge is 0.254 e. The number of carbonyl (C=O) groups excluding carboxylic acids is 1. The van der Waals surface area contributed by atoms with Gasteiger partial charge in [-0.05, 0) is 37.1 Å². The number of pyridine rings is 1. The molecule has 0 bridgehead atoms. The Balaban J connectivity index is 1.94. The number of amides is 1. The van der Waals surface area contributed by atoms with E-state index >= 15 is 0 Å². The molecule has 1 amide bonds. The summed E-state index contributed by atoms with van der Waals surface area (Å²) in [6.07, 6.45) is 2.75. The van der Waals surface area contributed by atoms with Gasteiger partial charge in [0, 0.05) is 30.2 Å². The number of benzene rings is 1. The fourth-order valence-electron chi connectivity index (χ4n) is 2.67. The molecule has 1 aromatic heterocycles.